The first-order valence-electron chi connectivity index (χ1n) is 3.98. The van der Waals surface area contributed by atoms with E-state index in [0.29, 0.717) is 0 Å². The predicted octanol–water partition coefficient (Wildman–Crippen LogP) is 4.01. The van der Waals surface area contributed by atoms with E-state index in [1.807, 2.05) is 30.3 Å². The summed E-state index contributed by atoms with van der Waals surface area (Å²) in [7, 11) is 14.9. The van der Waals surface area contributed by atoms with Crippen LogP contribution in [0.3, 0.4) is 0 Å². The topological polar surface area (TPSA) is 33.1 Å². The number of hydrogen-bond donors (Lipinski definition) is 1. The van der Waals surface area contributed by atoms with Gasteiger partial charge < -0.3 is 5.11 Å². The minimum absolute atomic E-state index is 0.0729. The number of benzene rings is 1. The molecule has 6 heteroatoms. The second-order valence-electron chi connectivity index (χ2n) is 2.58. The van der Waals surface area contributed by atoms with Crippen LogP contribution in [0.4, 0.5) is 0 Å². The molecule has 0 unspecified atom stereocenters. The predicted molar refractivity (Wildman–Crippen MR) is 61.0 cm³/mol. The van der Waals surface area contributed by atoms with Gasteiger partial charge >= 0.3 is 42.6 Å². The van der Waals surface area contributed by atoms with E-state index < -0.39 is 14.7 Å². The van der Waals surface area contributed by atoms with Gasteiger partial charge in [0.15, 0.2) is 0 Å². The Hall–Kier alpha value is 0.0143. The van der Waals surface area contributed by atoms with Crippen molar-refractivity contribution in [2.75, 3.05) is 0 Å². The Morgan fingerprint density at radius 1 is 1.00 bits per heavy atom. The van der Waals surface area contributed by atoms with Crippen LogP contribution in [0.5, 0.6) is 5.88 Å². The first-order chi connectivity index (χ1) is 7.09. The molecule has 79 valence electrons. The zero-order chi connectivity index (χ0) is 11.3. The van der Waals surface area contributed by atoms with E-state index in [-0.39, 0.29) is 5.88 Å². The van der Waals surface area contributed by atoms with Gasteiger partial charge in [0.1, 0.15) is 0 Å². The standard InChI is InChI=1S/C9H7NO.3ClH.Ti/c11-9-6-5-7-3-1-2-4-8(7)10-9;;;;/h1-6H,(H,10,11);3*1H;/q;;;;+3/p-3. The van der Waals surface area contributed by atoms with Crippen LogP contribution in [-0.2, 0) is 14.7 Å². The number of halogens is 3. The van der Waals surface area contributed by atoms with Crippen molar-refractivity contribution in [3.63, 3.8) is 0 Å². The quantitative estimate of drug-likeness (QED) is 0.746. The summed E-state index contributed by atoms with van der Waals surface area (Å²) in [6.07, 6.45) is 0. The molecule has 0 fully saturated rings. The first kappa shape index (κ1) is 13.1. The van der Waals surface area contributed by atoms with Crippen molar-refractivity contribution in [1.29, 1.82) is 0 Å². The van der Waals surface area contributed by atoms with E-state index in [1.54, 1.807) is 6.07 Å². The van der Waals surface area contributed by atoms with Crippen LogP contribution >= 0.6 is 27.9 Å². The zero-order valence-corrected chi connectivity index (χ0v) is 11.3. The molecule has 2 nitrogen and oxygen atoms in total. The van der Waals surface area contributed by atoms with Gasteiger partial charge in [0.25, 0.3) is 0 Å². The van der Waals surface area contributed by atoms with Gasteiger partial charge in [-0.15, -0.1) is 0 Å². The summed E-state index contributed by atoms with van der Waals surface area (Å²) in [4.78, 5) is 3.93. The van der Waals surface area contributed by atoms with Crippen LogP contribution in [0.2, 0.25) is 0 Å². The minimum atomic E-state index is -1.92. The molecule has 0 amide bonds. The maximum absolute atomic E-state index is 9.02. The molecule has 1 N–H and O–H groups in total. The Balaban J connectivity index is 0.000000245. The van der Waals surface area contributed by atoms with E-state index >= 15 is 0 Å². The monoisotopic (exact) mass is 298 g/mol. The third-order valence-corrected chi connectivity index (χ3v) is 1.58. The summed E-state index contributed by atoms with van der Waals surface area (Å²) in [6.45, 7) is 0. The summed E-state index contributed by atoms with van der Waals surface area (Å²) >= 11 is -1.92. The molecule has 1 aromatic heterocycles. The van der Waals surface area contributed by atoms with Crippen LogP contribution in [0.25, 0.3) is 10.9 Å². The first-order valence-corrected chi connectivity index (χ1v) is 10.4. The number of aromatic hydroxyl groups is 1. The fraction of sp³-hybridized carbons (Fsp3) is 0. The molecular weight excluding hydrogens is 292 g/mol. The fourth-order valence-electron chi connectivity index (χ4n) is 1.06. The van der Waals surface area contributed by atoms with E-state index in [0.717, 1.165) is 10.9 Å². The second-order valence-corrected chi connectivity index (χ2v) is 10.3. The van der Waals surface area contributed by atoms with E-state index in [2.05, 4.69) is 4.98 Å². The fourth-order valence-corrected chi connectivity index (χ4v) is 1.06. The molecule has 0 aliphatic carbocycles. The molecule has 1 aromatic carbocycles. The molecule has 15 heavy (non-hydrogen) atoms. The molecule has 0 atom stereocenters. The summed E-state index contributed by atoms with van der Waals surface area (Å²) < 4.78 is 0. The molecule has 0 aliphatic rings. The molecule has 0 saturated carbocycles. The number of rotatable bonds is 0. The van der Waals surface area contributed by atoms with Gasteiger partial charge in [0.2, 0.25) is 5.88 Å². The van der Waals surface area contributed by atoms with Gasteiger partial charge in [0.05, 0.1) is 5.52 Å². The number of pyridine rings is 1. The molecule has 0 aliphatic heterocycles. The van der Waals surface area contributed by atoms with Crippen molar-refractivity contribution >= 4 is 38.8 Å². The van der Waals surface area contributed by atoms with Gasteiger partial charge in [-0.05, 0) is 12.1 Å². The Bertz CT molecular complexity index is 436. The summed E-state index contributed by atoms with van der Waals surface area (Å²) in [5.41, 5.74) is 0.826. The van der Waals surface area contributed by atoms with E-state index in [9.17, 15) is 0 Å². The SMILES string of the molecule is Oc1ccc2ccccc2n1.[Cl][Ti]([Cl])[Cl]. The van der Waals surface area contributed by atoms with Gasteiger partial charge in [-0.1, -0.05) is 18.2 Å². The van der Waals surface area contributed by atoms with Crippen molar-refractivity contribution in [2.45, 2.75) is 0 Å². The Morgan fingerprint density at radius 3 is 2.27 bits per heavy atom. The van der Waals surface area contributed by atoms with Crippen molar-refractivity contribution in [3.8, 4) is 5.88 Å². The third kappa shape index (κ3) is 5.05. The van der Waals surface area contributed by atoms with Crippen LogP contribution in [0.15, 0.2) is 36.4 Å². The van der Waals surface area contributed by atoms with Crippen LogP contribution < -0.4 is 0 Å². The molecule has 0 bridgehead atoms. The maximum atomic E-state index is 9.02. The summed E-state index contributed by atoms with van der Waals surface area (Å²) in [5, 5.41) is 10.1. The van der Waals surface area contributed by atoms with Crippen molar-refractivity contribution in [3.05, 3.63) is 36.4 Å². The van der Waals surface area contributed by atoms with Gasteiger partial charge in [-0.3, -0.25) is 0 Å². The number of fused-ring (bicyclic) bond motifs is 1. The normalized spacial score (nSPS) is 9.27. The molecule has 0 radical (unpaired) electrons. The van der Waals surface area contributed by atoms with E-state index in [1.165, 1.54) is 0 Å². The Morgan fingerprint density at radius 2 is 1.60 bits per heavy atom. The number of aromatic nitrogens is 1. The van der Waals surface area contributed by atoms with Gasteiger partial charge in [0, 0.05) is 11.5 Å². The van der Waals surface area contributed by atoms with Gasteiger partial charge in [-0.2, -0.15) is 0 Å². The van der Waals surface area contributed by atoms with Crippen LogP contribution in [0, 0.1) is 0 Å². The molecule has 0 saturated heterocycles. The van der Waals surface area contributed by atoms with Crippen LogP contribution in [-0.4, -0.2) is 10.1 Å². The zero-order valence-electron chi connectivity index (χ0n) is 7.49. The van der Waals surface area contributed by atoms with Crippen LogP contribution in [0.1, 0.15) is 0 Å². The molecule has 2 rings (SSSR count). The van der Waals surface area contributed by atoms with Crippen molar-refractivity contribution < 1.29 is 19.8 Å². The third-order valence-electron chi connectivity index (χ3n) is 1.58. The average Bonchev–Trinajstić information content (AvgIpc) is 2.16. The number of hydrogen-bond acceptors (Lipinski definition) is 2. The van der Waals surface area contributed by atoms with E-state index in [4.69, 9.17) is 33.0 Å². The number of para-hydroxylation sites is 1. The summed E-state index contributed by atoms with van der Waals surface area (Å²) in [5.74, 6) is 0.0729. The van der Waals surface area contributed by atoms with Gasteiger partial charge in [-0.25, -0.2) is 4.98 Å². The average molecular weight is 299 g/mol. The Kier molecular flexibility index (Phi) is 5.73. The molecule has 0 spiro atoms. The molecule has 2 aromatic rings. The summed E-state index contributed by atoms with van der Waals surface area (Å²) in [6, 6.07) is 11.1. The second kappa shape index (κ2) is 6.57. The van der Waals surface area contributed by atoms with Crippen molar-refractivity contribution in [1.82, 2.24) is 4.98 Å². The Labute approximate surface area is 105 Å². The molecular formula is C9H7Cl3NOTi. The number of nitrogens with zero attached hydrogens (tertiary/aromatic N) is 1. The van der Waals surface area contributed by atoms with Crippen molar-refractivity contribution in [2.24, 2.45) is 0 Å². The molecule has 1 heterocycles.